The Balaban J connectivity index is 1.74. The number of carbonyl (C=O) groups is 1. The van der Waals surface area contributed by atoms with Crippen molar-refractivity contribution in [2.75, 3.05) is 6.61 Å². The Labute approximate surface area is 115 Å². The number of rotatable bonds is 2. The minimum atomic E-state index is 0.230. The molecule has 19 heavy (non-hydrogen) atoms. The fraction of sp³-hybridized carbons (Fsp3) is 0.588. The topological polar surface area (TPSA) is 26.3 Å². The van der Waals surface area contributed by atoms with Gasteiger partial charge in [-0.3, -0.25) is 4.79 Å². The fourth-order valence-corrected chi connectivity index (χ4v) is 3.24. The summed E-state index contributed by atoms with van der Waals surface area (Å²) in [6.45, 7) is 5.37. The van der Waals surface area contributed by atoms with Gasteiger partial charge in [-0.25, -0.2) is 0 Å². The molecule has 0 saturated heterocycles. The second-order valence-corrected chi connectivity index (χ2v) is 6.72. The van der Waals surface area contributed by atoms with Gasteiger partial charge in [-0.2, -0.15) is 0 Å². The van der Waals surface area contributed by atoms with Gasteiger partial charge in [-0.05, 0) is 54.9 Å². The van der Waals surface area contributed by atoms with Crippen LogP contribution in [0.5, 0.6) is 5.75 Å². The Morgan fingerprint density at radius 2 is 2.00 bits per heavy atom. The smallest absolute Gasteiger partial charge is 0.165 e. The summed E-state index contributed by atoms with van der Waals surface area (Å²) in [5.74, 6) is 1.53. The van der Waals surface area contributed by atoms with Crippen molar-refractivity contribution in [2.45, 2.75) is 46.0 Å². The molecular weight excluding hydrogens is 236 g/mol. The maximum absolute atomic E-state index is 12.6. The number of ketones is 1. The molecule has 0 radical (unpaired) electrons. The number of hydrogen-bond acceptors (Lipinski definition) is 2. The van der Waals surface area contributed by atoms with Crippen molar-refractivity contribution >= 4 is 5.78 Å². The largest absolute Gasteiger partial charge is 0.493 e. The van der Waals surface area contributed by atoms with Crippen LogP contribution in [0.1, 0.15) is 55.5 Å². The molecule has 2 heteroatoms. The second kappa shape index (κ2) is 4.66. The molecular formula is C17H22O2. The standard InChI is InChI=1S/C17H22O2/c1-17(2)8-5-12(6-9-17)16(18)14-3-4-15-13(11-14)7-10-19-15/h3-4,11-12H,5-10H2,1-2H3. The van der Waals surface area contributed by atoms with Crippen molar-refractivity contribution in [3.63, 3.8) is 0 Å². The Morgan fingerprint density at radius 3 is 2.74 bits per heavy atom. The van der Waals surface area contributed by atoms with Gasteiger partial charge in [0.2, 0.25) is 0 Å². The zero-order valence-electron chi connectivity index (χ0n) is 11.9. The first-order chi connectivity index (χ1) is 9.05. The molecule has 3 rings (SSSR count). The molecule has 2 aliphatic rings. The summed E-state index contributed by atoms with van der Waals surface area (Å²) in [5, 5.41) is 0. The van der Waals surface area contributed by atoms with Crippen molar-refractivity contribution < 1.29 is 9.53 Å². The highest BCUT2D eigenvalue weighted by Crippen LogP contribution is 2.39. The van der Waals surface area contributed by atoms with Gasteiger partial charge in [0.15, 0.2) is 5.78 Å². The zero-order valence-corrected chi connectivity index (χ0v) is 11.9. The van der Waals surface area contributed by atoms with E-state index >= 15 is 0 Å². The van der Waals surface area contributed by atoms with Gasteiger partial charge < -0.3 is 4.74 Å². The Kier molecular flexibility index (Phi) is 3.12. The van der Waals surface area contributed by atoms with Gasteiger partial charge in [0.1, 0.15) is 5.75 Å². The lowest BCUT2D eigenvalue weighted by atomic mass is 9.71. The summed E-state index contributed by atoms with van der Waals surface area (Å²) >= 11 is 0. The summed E-state index contributed by atoms with van der Waals surface area (Å²) in [6.07, 6.45) is 5.35. The molecule has 1 heterocycles. The van der Waals surface area contributed by atoms with E-state index in [4.69, 9.17) is 4.74 Å². The summed E-state index contributed by atoms with van der Waals surface area (Å²) in [4.78, 5) is 12.6. The van der Waals surface area contributed by atoms with Crippen LogP contribution >= 0.6 is 0 Å². The molecule has 0 unspecified atom stereocenters. The van der Waals surface area contributed by atoms with E-state index in [0.29, 0.717) is 11.2 Å². The average molecular weight is 258 g/mol. The highest BCUT2D eigenvalue weighted by molar-refractivity contribution is 5.98. The van der Waals surface area contributed by atoms with Gasteiger partial charge >= 0.3 is 0 Å². The van der Waals surface area contributed by atoms with Gasteiger partial charge in [0.25, 0.3) is 0 Å². The molecule has 102 valence electrons. The van der Waals surface area contributed by atoms with Gasteiger partial charge in [-0.15, -0.1) is 0 Å². The number of hydrogen-bond donors (Lipinski definition) is 0. The van der Waals surface area contributed by atoms with E-state index in [1.54, 1.807) is 0 Å². The van der Waals surface area contributed by atoms with Crippen LogP contribution in [0.25, 0.3) is 0 Å². The lowest BCUT2D eigenvalue weighted by Crippen LogP contribution is -2.26. The Bertz CT molecular complexity index is 492. The quantitative estimate of drug-likeness (QED) is 0.749. The molecule has 1 saturated carbocycles. The van der Waals surface area contributed by atoms with Gasteiger partial charge in [0.05, 0.1) is 6.61 Å². The third kappa shape index (κ3) is 2.54. The van der Waals surface area contributed by atoms with Crippen molar-refractivity contribution in [2.24, 2.45) is 11.3 Å². The zero-order chi connectivity index (χ0) is 13.5. The average Bonchev–Trinajstić information content (AvgIpc) is 2.85. The Hall–Kier alpha value is -1.31. The van der Waals surface area contributed by atoms with E-state index in [1.807, 2.05) is 18.2 Å². The fourth-order valence-electron chi connectivity index (χ4n) is 3.24. The van der Waals surface area contributed by atoms with Crippen molar-refractivity contribution in [1.29, 1.82) is 0 Å². The van der Waals surface area contributed by atoms with Crippen LogP contribution in [0, 0.1) is 11.3 Å². The summed E-state index contributed by atoms with van der Waals surface area (Å²) in [5.41, 5.74) is 2.50. The van der Waals surface area contributed by atoms with E-state index in [0.717, 1.165) is 50.0 Å². The summed E-state index contributed by atoms with van der Waals surface area (Å²) < 4.78 is 5.49. The summed E-state index contributed by atoms with van der Waals surface area (Å²) in [7, 11) is 0. The molecule has 1 aromatic rings. The first-order valence-corrected chi connectivity index (χ1v) is 7.35. The maximum Gasteiger partial charge on any atom is 0.165 e. The normalized spacial score (nSPS) is 21.8. The number of Topliss-reactive ketones (excluding diaryl/α,β-unsaturated/α-hetero) is 1. The van der Waals surface area contributed by atoms with E-state index in [9.17, 15) is 4.79 Å². The maximum atomic E-state index is 12.6. The minimum absolute atomic E-state index is 0.230. The monoisotopic (exact) mass is 258 g/mol. The van der Waals surface area contributed by atoms with Crippen LogP contribution in [0.15, 0.2) is 18.2 Å². The van der Waals surface area contributed by atoms with E-state index in [1.165, 1.54) is 5.56 Å². The number of ether oxygens (including phenoxy) is 1. The van der Waals surface area contributed by atoms with Crippen molar-refractivity contribution in [3.05, 3.63) is 29.3 Å². The van der Waals surface area contributed by atoms with E-state index < -0.39 is 0 Å². The molecule has 0 spiro atoms. The van der Waals surface area contributed by atoms with Crippen LogP contribution < -0.4 is 4.74 Å². The van der Waals surface area contributed by atoms with Crippen molar-refractivity contribution in [1.82, 2.24) is 0 Å². The van der Waals surface area contributed by atoms with Crippen LogP contribution in [-0.2, 0) is 6.42 Å². The highest BCUT2D eigenvalue weighted by atomic mass is 16.5. The van der Waals surface area contributed by atoms with Crippen LogP contribution in [0.3, 0.4) is 0 Å². The minimum Gasteiger partial charge on any atom is -0.493 e. The predicted molar refractivity (Wildman–Crippen MR) is 75.7 cm³/mol. The molecule has 1 fully saturated rings. The molecule has 0 amide bonds. The number of benzene rings is 1. The number of carbonyl (C=O) groups excluding carboxylic acids is 1. The third-order valence-electron chi connectivity index (χ3n) is 4.68. The molecule has 1 aromatic carbocycles. The van der Waals surface area contributed by atoms with Gasteiger partial charge in [0, 0.05) is 17.9 Å². The van der Waals surface area contributed by atoms with Crippen LogP contribution in [0.2, 0.25) is 0 Å². The molecule has 0 atom stereocenters. The first kappa shape index (κ1) is 12.7. The van der Waals surface area contributed by atoms with Gasteiger partial charge in [-0.1, -0.05) is 13.8 Å². The molecule has 0 N–H and O–H groups in total. The van der Waals surface area contributed by atoms with Crippen LogP contribution in [-0.4, -0.2) is 12.4 Å². The SMILES string of the molecule is CC1(C)CCC(C(=O)c2ccc3c(c2)CCO3)CC1. The molecule has 1 aliphatic carbocycles. The summed E-state index contributed by atoms with van der Waals surface area (Å²) in [6, 6.07) is 5.94. The lowest BCUT2D eigenvalue weighted by molar-refractivity contribution is 0.0838. The highest BCUT2D eigenvalue weighted by Gasteiger charge is 2.31. The Morgan fingerprint density at radius 1 is 1.26 bits per heavy atom. The molecule has 2 nitrogen and oxygen atoms in total. The first-order valence-electron chi connectivity index (χ1n) is 7.35. The molecule has 0 aromatic heterocycles. The van der Waals surface area contributed by atoms with E-state index in [2.05, 4.69) is 13.8 Å². The predicted octanol–water partition coefficient (Wildman–Crippen LogP) is 4.02. The van der Waals surface area contributed by atoms with Crippen LogP contribution in [0.4, 0.5) is 0 Å². The second-order valence-electron chi connectivity index (χ2n) is 6.72. The van der Waals surface area contributed by atoms with E-state index in [-0.39, 0.29) is 5.92 Å². The number of fused-ring (bicyclic) bond motifs is 1. The third-order valence-corrected chi connectivity index (χ3v) is 4.68. The lowest BCUT2D eigenvalue weighted by Gasteiger charge is -2.33. The molecule has 0 bridgehead atoms. The molecule has 1 aliphatic heterocycles. The van der Waals surface area contributed by atoms with Crippen molar-refractivity contribution in [3.8, 4) is 5.75 Å².